The highest BCUT2D eigenvalue weighted by molar-refractivity contribution is 6.31. The smallest absolute Gasteiger partial charge is 0.230 e. The van der Waals surface area contributed by atoms with Crippen molar-refractivity contribution >= 4 is 29.2 Å². The lowest BCUT2D eigenvalue weighted by Gasteiger charge is -2.44. The first-order chi connectivity index (χ1) is 9.17. The van der Waals surface area contributed by atoms with Crippen molar-refractivity contribution in [3.05, 3.63) is 10.6 Å². The number of hydrogen-bond donors (Lipinski definition) is 0. The Bertz CT molecular complexity index is 430. The topological polar surface area (TPSA) is 41.9 Å². The summed E-state index contributed by atoms with van der Waals surface area (Å²) >= 11 is 11.7. The van der Waals surface area contributed by atoms with Gasteiger partial charge in [-0.25, -0.2) is 0 Å². The van der Waals surface area contributed by atoms with Gasteiger partial charge in [0.2, 0.25) is 16.5 Å². The van der Waals surface area contributed by atoms with Crippen molar-refractivity contribution in [3.63, 3.8) is 0 Å². The molecule has 0 N–H and O–H groups in total. The van der Waals surface area contributed by atoms with Crippen LogP contribution in [0, 0.1) is 5.41 Å². The van der Waals surface area contributed by atoms with Crippen molar-refractivity contribution in [2.45, 2.75) is 44.9 Å². The lowest BCUT2D eigenvalue weighted by molar-refractivity contribution is 0.144. The zero-order valence-corrected chi connectivity index (χ0v) is 12.4. The largest absolute Gasteiger partial charge is 0.341 e. The molecule has 1 spiro atoms. The predicted octanol–water partition coefficient (Wildman–Crippen LogP) is 3.73. The van der Waals surface area contributed by atoms with E-state index in [0.29, 0.717) is 11.4 Å². The molecule has 1 aliphatic heterocycles. The van der Waals surface area contributed by atoms with Crippen LogP contribution in [0.2, 0.25) is 10.6 Å². The molecule has 2 fully saturated rings. The van der Waals surface area contributed by atoms with E-state index in [9.17, 15) is 0 Å². The number of hydrogen-bond acceptors (Lipinski definition) is 4. The van der Waals surface area contributed by atoms with Crippen LogP contribution in [0.3, 0.4) is 0 Å². The second-order valence-electron chi connectivity index (χ2n) is 5.72. The summed E-state index contributed by atoms with van der Waals surface area (Å²) in [5.41, 5.74) is 0.579. The Morgan fingerprint density at radius 1 is 0.789 bits per heavy atom. The van der Waals surface area contributed by atoms with Crippen LogP contribution in [0.5, 0.6) is 0 Å². The van der Waals surface area contributed by atoms with Gasteiger partial charge in [0, 0.05) is 13.1 Å². The molecule has 104 valence electrons. The Hall–Kier alpha value is -0.610. The van der Waals surface area contributed by atoms with Gasteiger partial charge in [-0.2, -0.15) is 15.0 Å². The molecule has 4 nitrogen and oxygen atoms in total. The van der Waals surface area contributed by atoms with Gasteiger partial charge in [0.15, 0.2) is 0 Å². The highest BCUT2D eigenvalue weighted by Crippen LogP contribution is 2.44. The number of piperidine rings is 1. The van der Waals surface area contributed by atoms with E-state index in [4.69, 9.17) is 23.2 Å². The van der Waals surface area contributed by atoms with E-state index in [1.807, 2.05) is 0 Å². The van der Waals surface area contributed by atoms with Crippen molar-refractivity contribution in [2.24, 2.45) is 5.41 Å². The maximum absolute atomic E-state index is 5.84. The fourth-order valence-corrected chi connectivity index (χ4v) is 3.79. The molecule has 1 aromatic heterocycles. The lowest BCUT2D eigenvalue weighted by Crippen LogP contribution is -2.41. The van der Waals surface area contributed by atoms with Gasteiger partial charge < -0.3 is 4.90 Å². The van der Waals surface area contributed by atoms with Crippen molar-refractivity contribution in [1.82, 2.24) is 15.0 Å². The van der Waals surface area contributed by atoms with E-state index < -0.39 is 0 Å². The molecule has 6 heteroatoms. The summed E-state index contributed by atoms with van der Waals surface area (Å²) in [5.74, 6) is 0.621. The van der Waals surface area contributed by atoms with Crippen LogP contribution >= 0.6 is 23.2 Å². The molecular formula is C13H18Cl2N4. The molecule has 3 rings (SSSR count). The highest BCUT2D eigenvalue weighted by Gasteiger charge is 2.36. The van der Waals surface area contributed by atoms with Crippen molar-refractivity contribution in [3.8, 4) is 0 Å². The third kappa shape index (κ3) is 2.95. The van der Waals surface area contributed by atoms with E-state index in [1.54, 1.807) is 0 Å². The molecule has 1 saturated heterocycles. The average Bonchev–Trinajstić information content (AvgIpc) is 2.39. The normalized spacial score (nSPS) is 22.7. The fraction of sp³-hybridized carbons (Fsp3) is 0.769. The van der Waals surface area contributed by atoms with Crippen molar-refractivity contribution in [1.29, 1.82) is 0 Å². The van der Waals surface area contributed by atoms with Crippen LogP contribution in [0.15, 0.2) is 0 Å². The monoisotopic (exact) mass is 300 g/mol. The standard InChI is InChI=1S/C13H18Cl2N4/c14-10-16-11(15)18-12(17-10)19-8-6-13(7-9-19)4-2-1-3-5-13/h1-9H2. The van der Waals surface area contributed by atoms with Gasteiger partial charge >= 0.3 is 0 Å². The van der Waals surface area contributed by atoms with Crippen LogP contribution in [0.25, 0.3) is 0 Å². The molecule has 0 aromatic carbocycles. The van der Waals surface area contributed by atoms with E-state index in [2.05, 4.69) is 19.9 Å². The first-order valence-electron chi connectivity index (χ1n) is 6.99. The van der Waals surface area contributed by atoms with Gasteiger partial charge in [-0.1, -0.05) is 19.3 Å². The minimum absolute atomic E-state index is 0.174. The van der Waals surface area contributed by atoms with Gasteiger partial charge in [0.1, 0.15) is 0 Å². The molecule has 0 amide bonds. The SMILES string of the molecule is Clc1nc(Cl)nc(N2CCC3(CCCCC3)CC2)n1. The molecular weight excluding hydrogens is 283 g/mol. The van der Waals surface area contributed by atoms with Gasteiger partial charge in [-0.3, -0.25) is 0 Å². The number of rotatable bonds is 1. The van der Waals surface area contributed by atoms with Gasteiger partial charge in [0.05, 0.1) is 0 Å². The number of nitrogens with zero attached hydrogens (tertiary/aromatic N) is 4. The summed E-state index contributed by atoms with van der Waals surface area (Å²) in [7, 11) is 0. The van der Waals surface area contributed by atoms with Crippen molar-refractivity contribution in [2.75, 3.05) is 18.0 Å². The zero-order valence-electron chi connectivity index (χ0n) is 10.9. The summed E-state index contributed by atoms with van der Waals surface area (Å²) in [5, 5.41) is 0.348. The molecule has 0 radical (unpaired) electrons. The van der Waals surface area contributed by atoms with Crippen LogP contribution < -0.4 is 4.90 Å². The molecule has 0 unspecified atom stereocenters. The minimum atomic E-state index is 0.174. The quantitative estimate of drug-likeness (QED) is 0.792. The van der Waals surface area contributed by atoms with Gasteiger partial charge in [-0.15, -0.1) is 0 Å². The first-order valence-corrected chi connectivity index (χ1v) is 7.75. The average molecular weight is 301 g/mol. The summed E-state index contributed by atoms with van der Waals surface area (Å²) in [6.07, 6.45) is 9.43. The maximum atomic E-state index is 5.84. The third-order valence-electron chi connectivity index (χ3n) is 4.59. The molecule has 19 heavy (non-hydrogen) atoms. The van der Waals surface area contributed by atoms with Crippen LogP contribution in [0.4, 0.5) is 5.95 Å². The molecule has 1 saturated carbocycles. The van der Waals surface area contributed by atoms with Crippen LogP contribution in [-0.4, -0.2) is 28.0 Å². The molecule has 1 aromatic rings. The molecule has 0 atom stereocenters. The lowest BCUT2D eigenvalue weighted by atomic mass is 9.68. The third-order valence-corrected chi connectivity index (χ3v) is 4.93. The summed E-state index contributed by atoms with van der Waals surface area (Å²) < 4.78 is 0. The number of halogens is 2. The fourth-order valence-electron chi connectivity index (χ4n) is 3.44. The molecule has 2 aliphatic rings. The van der Waals surface area contributed by atoms with E-state index >= 15 is 0 Å². The van der Waals surface area contributed by atoms with E-state index in [1.165, 1.54) is 44.9 Å². The molecule has 0 bridgehead atoms. The Labute approximate surface area is 123 Å². The van der Waals surface area contributed by atoms with E-state index in [0.717, 1.165) is 13.1 Å². The maximum Gasteiger partial charge on any atom is 0.230 e. The van der Waals surface area contributed by atoms with Gasteiger partial charge in [-0.05, 0) is 54.3 Å². The van der Waals surface area contributed by atoms with Gasteiger partial charge in [0.25, 0.3) is 0 Å². The number of aromatic nitrogens is 3. The number of anilines is 1. The van der Waals surface area contributed by atoms with Crippen LogP contribution in [0.1, 0.15) is 44.9 Å². The Balaban J connectivity index is 1.69. The molecule has 2 heterocycles. The zero-order chi connectivity index (χ0) is 13.3. The Morgan fingerprint density at radius 3 is 1.95 bits per heavy atom. The molecule has 1 aliphatic carbocycles. The van der Waals surface area contributed by atoms with Crippen molar-refractivity contribution < 1.29 is 0 Å². The summed E-state index contributed by atoms with van der Waals surface area (Å²) in [6, 6.07) is 0. The first kappa shape index (κ1) is 13.4. The highest BCUT2D eigenvalue weighted by atomic mass is 35.5. The summed E-state index contributed by atoms with van der Waals surface area (Å²) in [6.45, 7) is 1.99. The predicted molar refractivity (Wildman–Crippen MR) is 76.8 cm³/mol. The Morgan fingerprint density at radius 2 is 1.37 bits per heavy atom. The Kier molecular flexibility index (Phi) is 3.81. The minimum Gasteiger partial charge on any atom is -0.341 e. The second kappa shape index (κ2) is 5.41. The second-order valence-corrected chi connectivity index (χ2v) is 6.40. The van der Waals surface area contributed by atoms with E-state index in [-0.39, 0.29) is 10.6 Å². The summed E-state index contributed by atoms with van der Waals surface area (Å²) in [4.78, 5) is 14.3. The van der Waals surface area contributed by atoms with Crippen LogP contribution in [-0.2, 0) is 0 Å².